The largest absolute Gasteiger partial charge is 0.481 e. The topological polar surface area (TPSA) is 509 Å². The molecule has 0 radical (unpaired) electrons. The Kier molecular flexibility index (Phi) is 72.3. The van der Waals surface area contributed by atoms with Gasteiger partial charge in [-0.2, -0.15) is 0 Å². The molecule has 3 rings (SSSR count). The minimum Gasteiger partial charge on any atom is -0.481 e. The number of likely N-dealkylation sites (N-methyl/N-ethyl adjacent to an activating group) is 2. The number of methoxy groups -OCH3 is 6. The van der Waals surface area contributed by atoms with Gasteiger partial charge < -0.3 is 128 Å². The van der Waals surface area contributed by atoms with Gasteiger partial charge in [-0.05, 0) is 125 Å². The third-order valence-corrected chi connectivity index (χ3v) is 24.0. The van der Waals surface area contributed by atoms with Crippen LogP contribution in [-0.2, 0) is 125 Å². The number of aliphatic carboxylic acids is 1. The normalized spacial score (nSPS) is 16.0. The summed E-state index contributed by atoms with van der Waals surface area (Å²) in [5, 5.41) is 65.7. The molecular weight excluding hydrogens is 1790 g/mol. The van der Waals surface area contributed by atoms with Crippen molar-refractivity contribution in [2.45, 2.75) is 295 Å². The number of carboxylic acids is 1. The van der Waals surface area contributed by atoms with Crippen LogP contribution in [0.15, 0.2) is 59.8 Å². The molecule has 0 aliphatic carbocycles. The summed E-state index contributed by atoms with van der Waals surface area (Å²) in [6, 6.07) is 11.7. The SMILES string of the molecule is CCC(CO)OC(CO)OC.CCC(CO)OC(COC(=O)CCCC(=O)NCCCOC(=O)[C@H](Cc1ccccc1)NC(=O)[C@H](C)[C@@H](OC)[C@@H]1CCCN1C(=O)C[C@@H](OC)[C@H]([C@@H](C)CC)N(C)C(=O)[C@@H](NC(=O)[C@H](C(C)C)N(C)C)C(C)C)OC.CCC(CO)OC(COC(=O)CCCC(=O)NCCSSc1ccccn1)OC.CCC(CO)OC(COC(=O)CCCC(=O)O)OC. The zero-order chi connectivity index (χ0) is 101. The van der Waals surface area contributed by atoms with Gasteiger partial charge in [-0.25, -0.2) is 9.78 Å². The van der Waals surface area contributed by atoms with Gasteiger partial charge in [-0.15, -0.1) is 0 Å². The fourth-order valence-corrected chi connectivity index (χ4v) is 15.5. The lowest BCUT2D eigenvalue weighted by molar-refractivity contribution is -0.194. The molecule has 41 heteroatoms. The first-order valence-corrected chi connectivity index (χ1v) is 48.6. The van der Waals surface area contributed by atoms with Crippen molar-refractivity contribution in [3.8, 4) is 0 Å². The number of aliphatic hydroxyl groups excluding tert-OH is 5. The van der Waals surface area contributed by atoms with Crippen LogP contribution >= 0.6 is 21.6 Å². The van der Waals surface area contributed by atoms with Gasteiger partial charge in [-0.3, -0.25) is 52.8 Å². The zero-order valence-corrected chi connectivity index (χ0v) is 84.4. The number of aromatic nitrogens is 1. The summed E-state index contributed by atoms with van der Waals surface area (Å²) in [5.41, 5.74) is 0.794. The van der Waals surface area contributed by atoms with Gasteiger partial charge in [-0.1, -0.05) is 130 Å². The number of aliphatic hydroxyl groups is 5. The molecule has 1 aromatic carbocycles. The molecule has 8 unspecified atom stereocenters. The summed E-state index contributed by atoms with van der Waals surface area (Å²) in [4.78, 5) is 149. The van der Waals surface area contributed by atoms with Crippen molar-refractivity contribution < 1.29 is 150 Å². The number of nitrogens with one attached hydrogen (secondary N) is 4. The van der Waals surface area contributed by atoms with Gasteiger partial charge in [0.2, 0.25) is 35.4 Å². The standard InChI is InChI=1S/C55H94N6O14.C19H30N2O6S2.C12H22O7.C7H16O4/c1-15-37(7)50(60(11)54(68)48(35(3)4)58-53(67)49(36(5)6)59(9)10)43(70-12)32-45(64)61-29-21-25-42(61)51(72-14)38(8)52(66)57-41(31-39-23-18-17-19-24-39)55(69)73-30-22-28-56-44(63)26-20-27-46(65)74-34-47(71-13)75-40(16-2)33-62;1-3-15(13-22)27-19(25-2)14-26-18(24)9-6-7-16(23)20-11-12-28-29-17-8-4-5-10-21-17;1-3-9(7-13)19-12(17-2)8-18-11(16)6-4-5-10(14)15;1-3-6(4-8)11-7(5-9)10-2/h17-19,23-24,35-38,40-43,47-51,62H,15-16,20-22,25-34H2,1-14H3,(H,56,63)(H,57,66)(H,58,67);4-5,8,10,15,19,22H,3,6-7,9,11-14H2,1-2H3,(H,20,23);9,12-13H,3-8H2,1-2H3,(H,14,15);6-9H,3-5H2,1-2H3/t37-,38+,40?,41-,42-,43+,47?,48-,49-,50-,51+;;;/m0.../s1. The molecule has 2 heterocycles. The molecular formula is C93H162N8O31S2. The number of amides is 6. The van der Waals surface area contributed by atoms with E-state index in [9.17, 15) is 57.8 Å². The molecule has 17 atom stereocenters. The van der Waals surface area contributed by atoms with E-state index in [1.807, 2.05) is 137 Å². The van der Waals surface area contributed by atoms with Gasteiger partial charge in [0, 0.05) is 126 Å². The number of carbonyl (C=O) groups is 11. The van der Waals surface area contributed by atoms with Crippen LogP contribution in [0.1, 0.15) is 197 Å². The summed E-state index contributed by atoms with van der Waals surface area (Å²) >= 11 is 0. The highest BCUT2D eigenvalue weighted by Gasteiger charge is 2.44. The molecule has 1 aliphatic rings. The van der Waals surface area contributed by atoms with E-state index in [1.165, 1.54) is 42.7 Å². The molecule has 0 bridgehead atoms. The molecule has 1 fully saturated rings. The molecule has 0 spiro atoms. The number of esters is 4. The summed E-state index contributed by atoms with van der Waals surface area (Å²) in [6.45, 7) is 21.1. The van der Waals surface area contributed by atoms with Crippen LogP contribution in [0.4, 0.5) is 0 Å². The van der Waals surface area contributed by atoms with E-state index in [4.69, 9.17) is 91.8 Å². The summed E-state index contributed by atoms with van der Waals surface area (Å²) in [5.74, 6) is -4.91. The first-order valence-electron chi connectivity index (χ1n) is 46.3. The smallest absolute Gasteiger partial charge is 0.328 e. The quantitative estimate of drug-likeness (QED) is 0.0110. The number of carboxylic acid groups (broad SMARTS) is 1. The highest BCUT2D eigenvalue weighted by atomic mass is 33.1. The molecule has 6 amide bonds. The third-order valence-electron chi connectivity index (χ3n) is 21.7. The highest BCUT2D eigenvalue weighted by molar-refractivity contribution is 8.76. The second kappa shape index (κ2) is 76.6. The summed E-state index contributed by atoms with van der Waals surface area (Å²) in [7, 11) is 17.3. The third kappa shape index (κ3) is 54.1. The number of hydrogen-bond acceptors (Lipinski definition) is 34. The Morgan fingerprint density at radius 1 is 0.530 bits per heavy atom. The predicted octanol–water partition coefficient (Wildman–Crippen LogP) is 6.58. The number of rotatable bonds is 69. The maximum Gasteiger partial charge on any atom is 0.328 e. The predicted molar refractivity (Wildman–Crippen MR) is 503 cm³/mol. The van der Waals surface area contributed by atoms with Crippen molar-refractivity contribution >= 4 is 86.9 Å². The van der Waals surface area contributed by atoms with Crippen LogP contribution in [0, 0.1) is 23.7 Å². The lowest BCUT2D eigenvalue weighted by atomic mass is 9.89. The Labute approximate surface area is 801 Å². The van der Waals surface area contributed by atoms with E-state index in [0.717, 1.165) is 16.3 Å². The minimum absolute atomic E-state index is 0.00472. The van der Waals surface area contributed by atoms with Crippen LogP contribution in [0.3, 0.4) is 0 Å². The highest BCUT2D eigenvalue weighted by Crippen LogP contribution is 2.32. The van der Waals surface area contributed by atoms with Gasteiger partial charge in [0.1, 0.15) is 36.9 Å². The number of hydrogen-bond donors (Lipinski definition) is 10. The Morgan fingerprint density at radius 2 is 1.01 bits per heavy atom. The lowest BCUT2D eigenvalue weighted by Gasteiger charge is -2.41. The van der Waals surface area contributed by atoms with Crippen molar-refractivity contribution in [1.82, 2.24) is 41.0 Å². The minimum atomic E-state index is -1.06. The first kappa shape index (κ1) is 127. The number of nitrogens with zero attached hydrogens (tertiary/aromatic N) is 4. The van der Waals surface area contributed by atoms with Gasteiger partial charge in [0.25, 0.3) is 0 Å². The van der Waals surface area contributed by atoms with Gasteiger partial charge in [0.05, 0.1) is 107 Å². The Bertz CT molecular complexity index is 3470. The van der Waals surface area contributed by atoms with E-state index >= 15 is 0 Å². The Hall–Kier alpha value is -7.40. The van der Waals surface area contributed by atoms with E-state index in [-0.39, 0.29) is 196 Å². The summed E-state index contributed by atoms with van der Waals surface area (Å²) in [6.07, 6.45) is 2.20. The molecule has 1 saturated heterocycles. The fraction of sp³-hybridized carbons (Fsp3) is 0.763. The first-order chi connectivity index (χ1) is 64.0. The lowest BCUT2D eigenvalue weighted by Crippen LogP contribution is -2.59. The molecule has 1 aliphatic heterocycles. The fourth-order valence-electron chi connectivity index (χ4n) is 13.7. The molecule has 1 aromatic heterocycles. The van der Waals surface area contributed by atoms with E-state index in [2.05, 4.69) is 26.3 Å². The van der Waals surface area contributed by atoms with Crippen molar-refractivity contribution in [3.63, 3.8) is 0 Å². The van der Waals surface area contributed by atoms with E-state index in [1.54, 1.807) is 51.6 Å². The molecule has 2 aromatic rings. The maximum absolute atomic E-state index is 14.5. The number of benzene rings is 1. The van der Waals surface area contributed by atoms with Crippen molar-refractivity contribution in [3.05, 3.63) is 60.3 Å². The molecule has 0 saturated carbocycles. The van der Waals surface area contributed by atoms with Crippen LogP contribution < -0.4 is 21.3 Å². The van der Waals surface area contributed by atoms with Gasteiger partial charge >= 0.3 is 29.8 Å². The second-order valence-corrected chi connectivity index (χ2v) is 35.2. The van der Waals surface area contributed by atoms with Gasteiger partial charge in [0.15, 0.2) is 25.2 Å². The van der Waals surface area contributed by atoms with Crippen molar-refractivity contribution in [2.24, 2.45) is 23.7 Å². The molecule has 39 nitrogen and oxygen atoms in total. The number of likely N-dealkylation sites (tertiary alicyclic amines) is 1. The van der Waals surface area contributed by atoms with E-state index < -0.39 is 115 Å². The Morgan fingerprint density at radius 3 is 1.42 bits per heavy atom. The monoisotopic (exact) mass is 1950 g/mol. The van der Waals surface area contributed by atoms with Crippen LogP contribution in [0.5, 0.6) is 0 Å². The summed E-state index contributed by atoms with van der Waals surface area (Å²) < 4.78 is 74.4. The average molecular weight is 1950 g/mol. The number of ether oxygens (including phenoxy) is 14. The van der Waals surface area contributed by atoms with Crippen molar-refractivity contribution in [2.75, 3.05) is 149 Å². The second-order valence-electron chi connectivity index (χ2n) is 32.8. The Balaban J connectivity index is 0.00000240. The van der Waals surface area contributed by atoms with Crippen molar-refractivity contribution in [1.29, 1.82) is 0 Å². The van der Waals surface area contributed by atoms with Crippen LogP contribution in [-0.4, -0.2) is 356 Å². The molecule has 134 heavy (non-hydrogen) atoms. The number of pyridine rings is 1. The average Bonchev–Trinajstić information content (AvgIpc) is 1.49. The maximum atomic E-state index is 14.5. The van der Waals surface area contributed by atoms with Crippen LogP contribution in [0.25, 0.3) is 0 Å². The number of carbonyl (C=O) groups excluding carboxylic acids is 10. The van der Waals surface area contributed by atoms with E-state index in [0.29, 0.717) is 70.9 Å². The van der Waals surface area contributed by atoms with Crippen LogP contribution in [0.2, 0.25) is 0 Å². The molecule has 10 N–H and O–H groups in total. The zero-order valence-electron chi connectivity index (χ0n) is 82.8. The molecule has 772 valence electrons.